The first-order valence-electron chi connectivity index (χ1n) is 9.61. The number of pyridine rings is 1. The van der Waals surface area contributed by atoms with Gasteiger partial charge in [-0.3, -0.25) is 4.79 Å². The zero-order chi connectivity index (χ0) is 21.2. The molecule has 0 radical (unpaired) electrons. The normalized spacial score (nSPS) is 10.0. The van der Waals surface area contributed by atoms with Gasteiger partial charge in [-0.05, 0) is 23.3 Å². The van der Waals surface area contributed by atoms with Crippen molar-refractivity contribution in [1.82, 2.24) is 15.0 Å². The van der Waals surface area contributed by atoms with Gasteiger partial charge in [0.25, 0.3) is 0 Å². The van der Waals surface area contributed by atoms with E-state index >= 15 is 0 Å². The van der Waals surface area contributed by atoms with E-state index in [0.717, 1.165) is 23.2 Å². The first-order chi connectivity index (χ1) is 14.7. The predicted octanol–water partition coefficient (Wildman–Crippen LogP) is 3.28. The summed E-state index contributed by atoms with van der Waals surface area (Å²) in [6.07, 6.45) is 5.53. The van der Waals surface area contributed by atoms with Crippen molar-refractivity contribution in [2.45, 2.75) is 26.3 Å². The van der Waals surface area contributed by atoms with Crippen LogP contribution < -0.4 is 15.8 Å². The van der Waals surface area contributed by atoms with E-state index in [9.17, 15) is 4.79 Å². The minimum absolute atomic E-state index is 0.110. The molecule has 0 bridgehead atoms. The molecule has 0 saturated heterocycles. The molecule has 2 heterocycles. The number of nitrogens with one attached hydrogen (secondary N) is 1. The molecule has 0 amide bonds. The third-order valence-corrected chi connectivity index (χ3v) is 4.19. The fourth-order valence-corrected chi connectivity index (χ4v) is 2.71. The van der Waals surface area contributed by atoms with Crippen molar-refractivity contribution in [3.05, 3.63) is 71.8 Å². The number of ether oxygens (including phenoxy) is 1. The Labute approximate surface area is 175 Å². The van der Waals surface area contributed by atoms with Crippen LogP contribution in [-0.2, 0) is 13.0 Å². The van der Waals surface area contributed by atoms with Crippen LogP contribution in [0.3, 0.4) is 0 Å². The molecule has 0 unspecified atom stereocenters. The highest BCUT2D eigenvalue weighted by atomic mass is 16.5. The third kappa shape index (κ3) is 6.04. The molecule has 3 rings (SSSR count). The second-order valence-electron chi connectivity index (χ2n) is 6.45. The number of aromatic nitrogens is 3. The van der Waals surface area contributed by atoms with E-state index in [-0.39, 0.29) is 18.8 Å². The van der Waals surface area contributed by atoms with E-state index in [1.54, 1.807) is 6.20 Å². The topological polar surface area (TPSA) is 103 Å². The molecule has 2 aromatic heterocycles. The maximum atomic E-state index is 12.6. The highest BCUT2D eigenvalue weighted by Crippen LogP contribution is 2.16. The Morgan fingerprint density at radius 2 is 1.97 bits per heavy atom. The number of nitrogen functional groups attached to an aromatic ring is 1. The molecular formula is C23H23N5O2. The van der Waals surface area contributed by atoms with Gasteiger partial charge in [0.15, 0.2) is 12.4 Å². The first kappa shape index (κ1) is 20.8. The summed E-state index contributed by atoms with van der Waals surface area (Å²) in [6.45, 7) is 2.79. The SMILES string of the molecule is CCC#CCOc1cnc(C(=O)Cc2cccc(CNc3cccnc3N)c2)cn1. The van der Waals surface area contributed by atoms with E-state index in [2.05, 4.69) is 32.1 Å². The van der Waals surface area contributed by atoms with Gasteiger partial charge in [0.2, 0.25) is 5.88 Å². The number of rotatable bonds is 8. The molecule has 152 valence electrons. The van der Waals surface area contributed by atoms with Crippen LogP contribution in [-0.4, -0.2) is 27.3 Å². The van der Waals surface area contributed by atoms with Crippen molar-refractivity contribution in [2.24, 2.45) is 0 Å². The molecule has 0 saturated carbocycles. The molecule has 3 N–H and O–H groups in total. The fraction of sp³-hybridized carbons (Fsp3) is 0.217. The lowest BCUT2D eigenvalue weighted by Gasteiger charge is -2.09. The van der Waals surface area contributed by atoms with Gasteiger partial charge >= 0.3 is 0 Å². The molecule has 0 aliphatic heterocycles. The molecule has 3 aromatic rings. The van der Waals surface area contributed by atoms with Crippen LogP contribution in [0.2, 0.25) is 0 Å². The van der Waals surface area contributed by atoms with Crippen molar-refractivity contribution < 1.29 is 9.53 Å². The summed E-state index contributed by atoms with van der Waals surface area (Å²) in [4.78, 5) is 24.9. The quantitative estimate of drug-likeness (QED) is 0.441. The van der Waals surface area contributed by atoms with Crippen LogP contribution >= 0.6 is 0 Å². The van der Waals surface area contributed by atoms with Crippen molar-refractivity contribution in [1.29, 1.82) is 0 Å². The number of nitrogens with two attached hydrogens (primary N) is 1. The van der Waals surface area contributed by atoms with E-state index < -0.39 is 0 Å². The summed E-state index contributed by atoms with van der Waals surface area (Å²) in [7, 11) is 0. The van der Waals surface area contributed by atoms with Gasteiger partial charge in [0.1, 0.15) is 11.5 Å². The van der Waals surface area contributed by atoms with Crippen molar-refractivity contribution in [3.8, 4) is 17.7 Å². The molecule has 0 aliphatic rings. The van der Waals surface area contributed by atoms with E-state index in [0.29, 0.717) is 23.9 Å². The Hall–Kier alpha value is -3.92. The van der Waals surface area contributed by atoms with Crippen molar-refractivity contribution in [3.63, 3.8) is 0 Å². The molecule has 1 aromatic carbocycles. The number of nitrogens with zero attached hydrogens (tertiary/aromatic N) is 3. The number of hydrogen-bond donors (Lipinski definition) is 2. The van der Waals surface area contributed by atoms with Crippen LogP contribution in [0.5, 0.6) is 5.88 Å². The lowest BCUT2D eigenvalue weighted by molar-refractivity contribution is 0.0987. The predicted molar refractivity (Wildman–Crippen MR) is 116 cm³/mol. The molecule has 0 aliphatic carbocycles. The molecule has 7 heteroatoms. The van der Waals surface area contributed by atoms with Gasteiger partial charge in [0, 0.05) is 25.6 Å². The zero-order valence-corrected chi connectivity index (χ0v) is 16.8. The summed E-state index contributed by atoms with van der Waals surface area (Å²) in [5.74, 6) is 6.46. The smallest absolute Gasteiger partial charge is 0.233 e. The molecule has 30 heavy (non-hydrogen) atoms. The fourth-order valence-electron chi connectivity index (χ4n) is 2.71. The molecular weight excluding hydrogens is 378 g/mol. The second kappa shape index (κ2) is 10.6. The number of benzene rings is 1. The Bertz CT molecular complexity index is 1050. The van der Waals surface area contributed by atoms with Crippen LogP contribution in [0.25, 0.3) is 0 Å². The molecule has 0 spiro atoms. The Morgan fingerprint density at radius 3 is 2.73 bits per heavy atom. The van der Waals surface area contributed by atoms with Crippen molar-refractivity contribution >= 4 is 17.3 Å². The van der Waals surface area contributed by atoms with Crippen molar-refractivity contribution in [2.75, 3.05) is 17.7 Å². The number of Topliss-reactive ketones (excluding diaryl/α,β-unsaturated/α-hetero) is 1. The van der Waals surface area contributed by atoms with Crippen LogP contribution in [0.15, 0.2) is 55.0 Å². The standard InChI is InChI=1S/C23H23N5O2/c1-2-3-4-11-30-22-16-27-20(15-28-22)21(29)13-17-7-5-8-18(12-17)14-26-19-9-6-10-25-23(19)24/h5-10,12,15-16,26H,2,11,13-14H2,1H3,(H2,24,25). The largest absolute Gasteiger partial charge is 0.463 e. The van der Waals surface area contributed by atoms with E-state index in [4.69, 9.17) is 10.5 Å². The number of carbonyl (C=O) groups excluding carboxylic acids is 1. The maximum Gasteiger partial charge on any atom is 0.233 e. The lowest BCUT2D eigenvalue weighted by atomic mass is 10.0. The highest BCUT2D eigenvalue weighted by Gasteiger charge is 2.10. The van der Waals surface area contributed by atoms with Gasteiger partial charge in [0.05, 0.1) is 18.1 Å². The van der Waals surface area contributed by atoms with Crippen LogP contribution in [0.1, 0.15) is 35.0 Å². The number of ketones is 1. The lowest BCUT2D eigenvalue weighted by Crippen LogP contribution is -2.08. The molecule has 0 atom stereocenters. The van der Waals surface area contributed by atoms with Crippen LogP contribution in [0, 0.1) is 11.8 Å². The third-order valence-electron chi connectivity index (χ3n) is 4.19. The number of anilines is 2. The Kier molecular flexibility index (Phi) is 7.34. The summed E-state index contributed by atoms with van der Waals surface area (Å²) in [6, 6.07) is 11.5. The second-order valence-corrected chi connectivity index (χ2v) is 6.45. The van der Waals surface area contributed by atoms with Gasteiger partial charge < -0.3 is 15.8 Å². The van der Waals surface area contributed by atoms with Gasteiger partial charge in [-0.25, -0.2) is 15.0 Å². The minimum Gasteiger partial charge on any atom is -0.463 e. The average molecular weight is 401 g/mol. The summed E-state index contributed by atoms with van der Waals surface area (Å²) < 4.78 is 5.37. The Balaban J connectivity index is 1.57. The minimum atomic E-state index is -0.110. The molecule has 0 fully saturated rings. The maximum absolute atomic E-state index is 12.6. The first-order valence-corrected chi connectivity index (χ1v) is 9.61. The molecule has 7 nitrogen and oxygen atoms in total. The number of hydrogen-bond acceptors (Lipinski definition) is 7. The monoisotopic (exact) mass is 401 g/mol. The van der Waals surface area contributed by atoms with Crippen LogP contribution in [0.4, 0.5) is 11.5 Å². The Morgan fingerprint density at radius 1 is 1.10 bits per heavy atom. The number of carbonyl (C=O) groups is 1. The van der Waals surface area contributed by atoms with E-state index in [1.165, 1.54) is 12.4 Å². The summed E-state index contributed by atoms with van der Waals surface area (Å²) in [5, 5.41) is 3.25. The highest BCUT2D eigenvalue weighted by molar-refractivity contribution is 5.95. The summed E-state index contributed by atoms with van der Waals surface area (Å²) >= 11 is 0. The van der Waals surface area contributed by atoms with E-state index in [1.807, 2.05) is 43.3 Å². The van der Waals surface area contributed by atoms with Gasteiger partial charge in [-0.2, -0.15) is 0 Å². The zero-order valence-electron chi connectivity index (χ0n) is 16.8. The summed E-state index contributed by atoms with van der Waals surface area (Å²) in [5.41, 5.74) is 8.86. The van der Waals surface area contributed by atoms with Gasteiger partial charge in [-0.15, -0.1) is 5.92 Å². The average Bonchev–Trinajstić information content (AvgIpc) is 2.77. The van der Waals surface area contributed by atoms with Gasteiger partial charge in [-0.1, -0.05) is 37.1 Å².